The summed E-state index contributed by atoms with van der Waals surface area (Å²) < 4.78 is 5.09. The highest BCUT2D eigenvalue weighted by molar-refractivity contribution is 5.95. The topological polar surface area (TPSA) is 43.1 Å². The first-order valence-corrected chi connectivity index (χ1v) is 4.55. The molecular weight excluding hydrogens is 178 g/mol. The first-order chi connectivity index (χ1) is 6.72. The number of carbonyl (C=O) groups is 1. The zero-order chi connectivity index (χ0) is 10.4. The molecule has 1 atom stereocenters. The highest BCUT2D eigenvalue weighted by Gasteiger charge is 2.09. The van der Waals surface area contributed by atoms with Crippen LogP contribution >= 0.6 is 0 Å². The minimum absolute atomic E-state index is 0.0143. The van der Waals surface area contributed by atoms with Gasteiger partial charge in [0.25, 0.3) is 0 Å². The summed E-state index contributed by atoms with van der Waals surface area (Å²) in [5.41, 5.74) is 0. The highest BCUT2D eigenvalue weighted by atomic mass is 16.3. The molecule has 0 aliphatic carbocycles. The van der Waals surface area contributed by atoms with Gasteiger partial charge >= 0.3 is 0 Å². The molecule has 1 heterocycles. The van der Waals surface area contributed by atoms with Crippen molar-refractivity contribution in [1.29, 1.82) is 0 Å². The van der Waals surface area contributed by atoms with Crippen LogP contribution in [0, 0.1) is 17.8 Å². The molecule has 1 rings (SSSR count). The molecule has 3 nitrogen and oxygen atoms in total. The van der Waals surface area contributed by atoms with Crippen LogP contribution in [-0.4, -0.2) is 10.8 Å². The highest BCUT2D eigenvalue weighted by Crippen LogP contribution is 2.11. The van der Waals surface area contributed by atoms with Gasteiger partial charge in [0.15, 0.2) is 6.39 Å². The van der Waals surface area contributed by atoms with E-state index in [0.29, 0.717) is 6.42 Å². The Hall–Kier alpha value is -1.56. The fourth-order valence-corrected chi connectivity index (χ4v) is 1.27. The zero-order valence-electron chi connectivity index (χ0n) is 8.41. The average Bonchev–Trinajstić information content (AvgIpc) is 2.56. The van der Waals surface area contributed by atoms with E-state index in [1.807, 2.05) is 6.92 Å². The Bertz CT molecular complexity index is 343. The second-order valence-corrected chi connectivity index (χ2v) is 3.28. The second kappa shape index (κ2) is 5.23. The van der Waals surface area contributed by atoms with Gasteiger partial charge in [-0.25, -0.2) is 4.98 Å². The third-order valence-electron chi connectivity index (χ3n) is 1.83. The van der Waals surface area contributed by atoms with E-state index in [1.165, 1.54) is 6.39 Å². The van der Waals surface area contributed by atoms with Gasteiger partial charge in [0.05, 0.1) is 6.20 Å². The maximum absolute atomic E-state index is 11.2. The van der Waals surface area contributed by atoms with Crippen molar-refractivity contribution in [2.45, 2.75) is 26.7 Å². The molecule has 14 heavy (non-hydrogen) atoms. The molecule has 3 heteroatoms. The van der Waals surface area contributed by atoms with Crippen molar-refractivity contribution in [2.24, 2.45) is 5.92 Å². The molecule has 1 aromatic heterocycles. The number of hydrogen-bond donors (Lipinski definition) is 0. The molecule has 0 aromatic carbocycles. The van der Waals surface area contributed by atoms with Crippen LogP contribution in [-0.2, 0) is 11.2 Å². The van der Waals surface area contributed by atoms with Crippen LogP contribution in [0.1, 0.15) is 26.0 Å². The monoisotopic (exact) mass is 191 g/mol. The number of rotatable bonds is 4. The van der Waals surface area contributed by atoms with Crippen molar-refractivity contribution in [2.75, 3.05) is 0 Å². The Morgan fingerprint density at radius 3 is 3.07 bits per heavy atom. The van der Waals surface area contributed by atoms with Gasteiger partial charge in [-0.05, 0) is 18.8 Å². The molecule has 0 amide bonds. The predicted molar refractivity (Wildman–Crippen MR) is 52.4 cm³/mol. The Kier molecular flexibility index (Phi) is 3.93. The lowest BCUT2D eigenvalue weighted by Gasteiger charge is -2.04. The van der Waals surface area contributed by atoms with Gasteiger partial charge < -0.3 is 4.42 Å². The smallest absolute Gasteiger partial charge is 0.205 e. The van der Waals surface area contributed by atoms with E-state index in [4.69, 9.17) is 4.42 Å². The number of nitrogens with zero attached hydrogens (tertiary/aromatic N) is 1. The second-order valence-electron chi connectivity index (χ2n) is 3.28. The summed E-state index contributed by atoms with van der Waals surface area (Å²) in [5.74, 6) is 6.16. The van der Waals surface area contributed by atoms with Gasteiger partial charge in [-0.2, -0.15) is 0 Å². The number of Topliss-reactive ketones (excluding diaryl/α,β-unsaturated/α-hetero) is 1. The quantitative estimate of drug-likeness (QED) is 0.538. The van der Waals surface area contributed by atoms with Gasteiger partial charge in [0.1, 0.15) is 5.76 Å². The Balaban J connectivity index is 2.38. The van der Waals surface area contributed by atoms with Gasteiger partial charge in [0.2, 0.25) is 5.78 Å². The van der Waals surface area contributed by atoms with E-state index in [-0.39, 0.29) is 11.7 Å². The molecule has 0 aliphatic heterocycles. The number of carbonyl (C=O) groups excluding carboxylic acids is 1. The summed E-state index contributed by atoms with van der Waals surface area (Å²) in [4.78, 5) is 15.0. The minimum Gasteiger partial charge on any atom is -0.449 e. The third kappa shape index (κ3) is 3.44. The fourth-order valence-electron chi connectivity index (χ4n) is 1.27. The van der Waals surface area contributed by atoms with Gasteiger partial charge in [-0.15, -0.1) is 0 Å². The molecule has 0 saturated heterocycles. The van der Waals surface area contributed by atoms with Crippen LogP contribution in [0.2, 0.25) is 0 Å². The van der Waals surface area contributed by atoms with Crippen LogP contribution in [0.15, 0.2) is 17.0 Å². The predicted octanol–water partition coefficient (Wildman–Crippen LogP) is 1.84. The van der Waals surface area contributed by atoms with Crippen molar-refractivity contribution in [3.8, 4) is 11.8 Å². The van der Waals surface area contributed by atoms with E-state index in [0.717, 1.165) is 12.2 Å². The molecular formula is C11H13NO2. The molecule has 0 aliphatic rings. The van der Waals surface area contributed by atoms with Gasteiger partial charge in [0, 0.05) is 12.8 Å². The van der Waals surface area contributed by atoms with E-state index in [9.17, 15) is 4.79 Å². The number of ketones is 1. The third-order valence-corrected chi connectivity index (χ3v) is 1.83. The first kappa shape index (κ1) is 10.5. The number of aromatic nitrogens is 1. The van der Waals surface area contributed by atoms with Crippen LogP contribution < -0.4 is 0 Å². The Morgan fingerprint density at radius 2 is 2.50 bits per heavy atom. The van der Waals surface area contributed by atoms with Crippen molar-refractivity contribution in [3.05, 3.63) is 18.4 Å². The minimum atomic E-state index is -0.0143. The summed E-state index contributed by atoms with van der Waals surface area (Å²) in [5, 5.41) is 0. The molecule has 0 saturated carbocycles. The summed E-state index contributed by atoms with van der Waals surface area (Å²) in [7, 11) is 0. The van der Waals surface area contributed by atoms with Crippen molar-refractivity contribution >= 4 is 5.78 Å². The lowest BCUT2D eigenvalue weighted by molar-refractivity contribution is -0.114. The summed E-state index contributed by atoms with van der Waals surface area (Å²) >= 11 is 0. The lowest BCUT2D eigenvalue weighted by Crippen LogP contribution is -2.05. The standard InChI is InChI=1S/C11H13NO2/c1-3-4-10(13)5-9(2)6-11-7-12-8-14-11/h7-9H,5-6H2,1-2H3. The van der Waals surface area contributed by atoms with Gasteiger partial charge in [-0.3, -0.25) is 4.79 Å². The van der Waals surface area contributed by atoms with E-state index in [1.54, 1.807) is 13.1 Å². The van der Waals surface area contributed by atoms with Crippen LogP contribution in [0.5, 0.6) is 0 Å². The maximum Gasteiger partial charge on any atom is 0.205 e. The SMILES string of the molecule is CC#CC(=O)CC(C)Cc1cnco1. The first-order valence-electron chi connectivity index (χ1n) is 4.55. The molecule has 1 aromatic rings. The molecule has 0 radical (unpaired) electrons. The van der Waals surface area contributed by atoms with E-state index in [2.05, 4.69) is 16.8 Å². The van der Waals surface area contributed by atoms with Crippen LogP contribution in [0.4, 0.5) is 0 Å². The number of hydrogen-bond acceptors (Lipinski definition) is 3. The largest absolute Gasteiger partial charge is 0.449 e. The van der Waals surface area contributed by atoms with Crippen molar-refractivity contribution in [1.82, 2.24) is 4.98 Å². The average molecular weight is 191 g/mol. The molecule has 0 N–H and O–H groups in total. The van der Waals surface area contributed by atoms with Crippen LogP contribution in [0.25, 0.3) is 0 Å². The number of oxazole rings is 1. The Morgan fingerprint density at radius 1 is 1.71 bits per heavy atom. The zero-order valence-corrected chi connectivity index (χ0v) is 8.41. The summed E-state index contributed by atoms with van der Waals surface area (Å²) in [6.45, 7) is 3.66. The normalized spacial score (nSPS) is 11.6. The van der Waals surface area contributed by atoms with E-state index < -0.39 is 0 Å². The fraction of sp³-hybridized carbons (Fsp3) is 0.455. The molecule has 0 fully saturated rings. The maximum atomic E-state index is 11.2. The summed E-state index contributed by atoms with van der Waals surface area (Å²) in [6, 6.07) is 0. The summed E-state index contributed by atoms with van der Waals surface area (Å²) in [6.07, 6.45) is 4.28. The van der Waals surface area contributed by atoms with E-state index >= 15 is 0 Å². The molecule has 0 bridgehead atoms. The Labute approximate surface area is 83.5 Å². The van der Waals surface area contributed by atoms with Crippen LogP contribution in [0.3, 0.4) is 0 Å². The van der Waals surface area contributed by atoms with Gasteiger partial charge in [-0.1, -0.05) is 12.8 Å². The molecule has 0 spiro atoms. The molecule has 1 unspecified atom stereocenters. The van der Waals surface area contributed by atoms with Crippen molar-refractivity contribution < 1.29 is 9.21 Å². The van der Waals surface area contributed by atoms with Crippen molar-refractivity contribution in [3.63, 3.8) is 0 Å². The molecule has 74 valence electrons. The lowest BCUT2D eigenvalue weighted by atomic mass is 10.0.